The van der Waals surface area contributed by atoms with Gasteiger partial charge in [0.2, 0.25) is 0 Å². The van der Waals surface area contributed by atoms with E-state index >= 15 is 0 Å². The number of aromatic nitrogens is 2. The molecule has 5 heteroatoms. The summed E-state index contributed by atoms with van der Waals surface area (Å²) in [7, 11) is 0. The van der Waals surface area contributed by atoms with E-state index in [0.29, 0.717) is 0 Å². The molecule has 106 valence electrons. The number of ether oxygens (including phenoxy) is 1. The first kappa shape index (κ1) is 13.3. The number of nitrogens with one attached hydrogen (secondary N) is 1. The summed E-state index contributed by atoms with van der Waals surface area (Å²) in [5.41, 5.74) is 6.51. The van der Waals surface area contributed by atoms with Crippen LogP contribution in [0, 0.1) is 0 Å². The van der Waals surface area contributed by atoms with E-state index < -0.39 is 0 Å². The number of aryl methyl sites for hydroxylation is 1. The second-order valence-corrected chi connectivity index (χ2v) is 4.96. The highest BCUT2D eigenvalue weighted by Crippen LogP contribution is 2.36. The molecule has 1 aliphatic rings. The predicted octanol–water partition coefficient (Wildman–Crippen LogP) is 1.72. The maximum atomic E-state index is 6.00. The summed E-state index contributed by atoms with van der Waals surface area (Å²) >= 11 is 0. The Morgan fingerprint density at radius 1 is 1.45 bits per heavy atom. The van der Waals surface area contributed by atoms with Crippen LogP contribution < -0.4 is 11.3 Å². The van der Waals surface area contributed by atoms with Crippen LogP contribution in [0.2, 0.25) is 0 Å². The average molecular weight is 272 g/mol. The van der Waals surface area contributed by atoms with E-state index in [1.54, 1.807) is 6.20 Å². The molecule has 5 nitrogen and oxygen atoms in total. The lowest BCUT2D eigenvalue weighted by Crippen LogP contribution is -2.37. The number of hydrogen-bond donors (Lipinski definition) is 2. The van der Waals surface area contributed by atoms with Gasteiger partial charge < -0.3 is 4.74 Å². The van der Waals surface area contributed by atoms with E-state index in [0.717, 1.165) is 25.3 Å². The van der Waals surface area contributed by atoms with Gasteiger partial charge in [0, 0.05) is 12.7 Å². The standard InChI is InChI=1S/C15H20N4O/c1-2-19-13(7-9-17-19)14(18-16)15-12-6-4-3-5-11(12)8-10-20-15/h3-7,9,14-15,18H,2,8,10,16H2,1H3. The molecule has 2 heterocycles. The molecule has 2 atom stereocenters. The van der Waals surface area contributed by atoms with Gasteiger partial charge in [0.05, 0.1) is 18.3 Å². The molecule has 0 spiro atoms. The fraction of sp³-hybridized carbons (Fsp3) is 0.400. The summed E-state index contributed by atoms with van der Waals surface area (Å²) in [6.45, 7) is 3.61. The van der Waals surface area contributed by atoms with Crippen molar-refractivity contribution in [1.29, 1.82) is 0 Å². The van der Waals surface area contributed by atoms with Crippen LogP contribution in [0.3, 0.4) is 0 Å². The maximum Gasteiger partial charge on any atom is 0.105 e. The Balaban J connectivity index is 1.99. The van der Waals surface area contributed by atoms with Crippen LogP contribution >= 0.6 is 0 Å². The highest BCUT2D eigenvalue weighted by Gasteiger charge is 2.31. The summed E-state index contributed by atoms with van der Waals surface area (Å²) in [5.74, 6) is 5.80. The van der Waals surface area contributed by atoms with Gasteiger partial charge in [-0.3, -0.25) is 10.5 Å². The third-order valence-corrected chi connectivity index (χ3v) is 3.88. The first-order valence-electron chi connectivity index (χ1n) is 7.02. The normalized spacial score (nSPS) is 19.6. The van der Waals surface area contributed by atoms with Crippen LogP contribution in [-0.2, 0) is 17.7 Å². The largest absolute Gasteiger partial charge is 0.371 e. The zero-order valence-electron chi connectivity index (χ0n) is 11.6. The number of hydrazine groups is 1. The van der Waals surface area contributed by atoms with Crippen molar-refractivity contribution in [3.05, 3.63) is 53.3 Å². The minimum atomic E-state index is -0.0982. The van der Waals surface area contributed by atoms with E-state index in [-0.39, 0.29) is 12.1 Å². The van der Waals surface area contributed by atoms with Crippen molar-refractivity contribution in [2.45, 2.75) is 32.0 Å². The van der Waals surface area contributed by atoms with Gasteiger partial charge in [-0.1, -0.05) is 24.3 Å². The Hall–Kier alpha value is -1.69. The molecule has 1 aromatic heterocycles. The number of fused-ring (bicyclic) bond motifs is 1. The molecule has 0 bridgehead atoms. The highest BCUT2D eigenvalue weighted by molar-refractivity contribution is 5.33. The second kappa shape index (κ2) is 5.75. The van der Waals surface area contributed by atoms with Gasteiger partial charge in [-0.25, -0.2) is 5.43 Å². The molecule has 2 unspecified atom stereocenters. The summed E-state index contributed by atoms with van der Waals surface area (Å²) in [6.07, 6.45) is 2.68. The van der Waals surface area contributed by atoms with Gasteiger partial charge in [-0.05, 0) is 30.5 Å². The van der Waals surface area contributed by atoms with Crippen molar-refractivity contribution in [3.8, 4) is 0 Å². The second-order valence-electron chi connectivity index (χ2n) is 4.96. The van der Waals surface area contributed by atoms with Crippen LogP contribution in [0.5, 0.6) is 0 Å². The number of nitrogens with two attached hydrogens (primary N) is 1. The lowest BCUT2D eigenvalue weighted by Gasteiger charge is -2.32. The summed E-state index contributed by atoms with van der Waals surface area (Å²) in [6, 6.07) is 10.3. The Morgan fingerprint density at radius 3 is 3.10 bits per heavy atom. The van der Waals surface area contributed by atoms with Crippen molar-refractivity contribution >= 4 is 0 Å². The predicted molar refractivity (Wildman–Crippen MR) is 76.8 cm³/mol. The Morgan fingerprint density at radius 2 is 2.30 bits per heavy atom. The topological polar surface area (TPSA) is 65.1 Å². The Bertz CT molecular complexity index is 581. The van der Waals surface area contributed by atoms with Crippen LogP contribution in [0.15, 0.2) is 36.5 Å². The first-order chi connectivity index (χ1) is 9.85. The first-order valence-corrected chi connectivity index (χ1v) is 7.02. The third kappa shape index (κ3) is 2.24. The lowest BCUT2D eigenvalue weighted by molar-refractivity contribution is 0.0126. The molecular formula is C15H20N4O. The van der Waals surface area contributed by atoms with Crippen LogP contribution in [-0.4, -0.2) is 16.4 Å². The fourth-order valence-electron chi connectivity index (χ4n) is 2.90. The smallest absolute Gasteiger partial charge is 0.105 e. The van der Waals surface area contributed by atoms with Gasteiger partial charge in [0.25, 0.3) is 0 Å². The monoisotopic (exact) mass is 272 g/mol. The van der Waals surface area contributed by atoms with Gasteiger partial charge in [-0.15, -0.1) is 0 Å². The van der Waals surface area contributed by atoms with E-state index in [1.807, 2.05) is 16.8 Å². The number of hydrogen-bond acceptors (Lipinski definition) is 4. The molecule has 0 fully saturated rings. The summed E-state index contributed by atoms with van der Waals surface area (Å²) < 4.78 is 7.95. The molecule has 2 aromatic rings. The molecular weight excluding hydrogens is 252 g/mol. The van der Waals surface area contributed by atoms with Gasteiger partial charge >= 0.3 is 0 Å². The summed E-state index contributed by atoms with van der Waals surface area (Å²) in [4.78, 5) is 0. The van der Waals surface area contributed by atoms with E-state index in [4.69, 9.17) is 10.6 Å². The molecule has 3 N–H and O–H groups in total. The van der Waals surface area contributed by atoms with E-state index in [2.05, 4.69) is 35.6 Å². The molecule has 1 aliphatic heterocycles. The van der Waals surface area contributed by atoms with Gasteiger partial charge in [0.1, 0.15) is 6.10 Å². The van der Waals surface area contributed by atoms with Gasteiger partial charge in [0.15, 0.2) is 0 Å². The quantitative estimate of drug-likeness (QED) is 0.657. The molecule has 0 saturated carbocycles. The van der Waals surface area contributed by atoms with Crippen molar-refractivity contribution < 1.29 is 4.74 Å². The average Bonchev–Trinajstić information content (AvgIpc) is 2.97. The number of rotatable bonds is 4. The van der Waals surface area contributed by atoms with Crippen molar-refractivity contribution in [1.82, 2.24) is 15.2 Å². The highest BCUT2D eigenvalue weighted by atomic mass is 16.5. The minimum absolute atomic E-state index is 0.0769. The molecule has 0 radical (unpaired) electrons. The van der Waals surface area contributed by atoms with Gasteiger partial charge in [-0.2, -0.15) is 5.10 Å². The molecule has 0 saturated heterocycles. The zero-order chi connectivity index (χ0) is 13.9. The fourth-order valence-corrected chi connectivity index (χ4v) is 2.90. The molecule has 3 rings (SSSR count). The minimum Gasteiger partial charge on any atom is -0.371 e. The SMILES string of the molecule is CCn1nccc1C(NN)C1OCCc2ccccc21. The zero-order valence-corrected chi connectivity index (χ0v) is 11.6. The molecule has 0 amide bonds. The van der Waals surface area contributed by atoms with E-state index in [1.165, 1.54) is 11.1 Å². The Labute approximate surface area is 118 Å². The van der Waals surface area contributed by atoms with E-state index in [9.17, 15) is 0 Å². The molecule has 1 aromatic carbocycles. The number of benzene rings is 1. The van der Waals surface area contributed by atoms with Crippen molar-refractivity contribution in [2.24, 2.45) is 5.84 Å². The van der Waals surface area contributed by atoms with Crippen molar-refractivity contribution in [3.63, 3.8) is 0 Å². The van der Waals surface area contributed by atoms with Crippen LogP contribution in [0.4, 0.5) is 0 Å². The Kier molecular flexibility index (Phi) is 3.82. The molecule has 0 aliphatic carbocycles. The van der Waals surface area contributed by atoms with Crippen molar-refractivity contribution in [2.75, 3.05) is 6.61 Å². The lowest BCUT2D eigenvalue weighted by atomic mass is 9.92. The van der Waals surface area contributed by atoms with Crippen LogP contribution in [0.25, 0.3) is 0 Å². The number of nitrogens with zero attached hydrogens (tertiary/aromatic N) is 2. The summed E-state index contributed by atoms with van der Waals surface area (Å²) in [5, 5.41) is 4.32. The maximum absolute atomic E-state index is 6.00. The van der Waals surface area contributed by atoms with Crippen LogP contribution in [0.1, 0.15) is 35.9 Å². The molecule has 20 heavy (non-hydrogen) atoms. The third-order valence-electron chi connectivity index (χ3n) is 3.88.